The summed E-state index contributed by atoms with van der Waals surface area (Å²) in [6.45, 7) is 4.30. The van der Waals surface area contributed by atoms with E-state index in [9.17, 15) is 23.8 Å². The molecule has 0 radical (unpaired) electrons. The molecule has 1 unspecified atom stereocenters. The van der Waals surface area contributed by atoms with Crippen molar-refractivity contribution in [2.75, 3.05) is 7.11 Å². The average Bonchev–Trinajstić information content (AvgIpc) is 2.97. The fourth-order valence-electron chi connectivity index (χ4n) is 2.86. The second-order valence-corrected chi connectivity index (χ2v) is 9.00. The van der Waals surface area contributed by atoms with E-state index in [-0.39, 0.29) is 6.04 Å². The van der Waals surface area contributed by atoms with Gasteiger partial charge in [-0.2, -0.15) is 0 Å². The predicted octanol–water partition coefficient (Wildman–Crippen LogP) is 1.66. The van der Waals surface area contributed by atoms with E-state index in [1.165, 1.54) is 24.6 Å². The van der Waals surface area contributed by atoms with E-state index in [2.05, 4.69) is 14.2 Å². The Kier molecular flexibility index (Phi) is 5.79. The normalized spacial score (nSPS) is 22.7. The number of aromatic nitrogens is 2. The number of carbonyl (C=O) groups is 1. The molecule has 0 aromatic carbocycles. The maximum atomic E-state index is 12.3. The smallest absolute Gasteiger partial charge is 0.437 e. The van der Waals surface area contributed by atoms with Crippen LogP contribution in [-0.2, 0) is 18.6 Å². The highest BCUT2D eigenvalue weighted by Gasteiger charge is 2.47. The van der Waals surface area contributed by atoms with Crippen molar-refractivity contribution in [3.05, 3.63) is 32.6 Å². The zero-order valence-corrected chi connectivity index (χ0v) is 15.9. The SMILES string of the molecule is COC(=O)OP(=O)(O)C(C)(C)O[C@@H]1CC[C@H](n2cc(C)c(=O)[nH]c2=O)C1. The van der Waals surface area contributed by atoms with Crippen LogP contribution in [0.3, 0.4) is 0 Å². The molecule has 1 aliphatic carbocycles. The second-order valence-electron chi connectivity index (χ2n) is 6.70. The molecule has 1 fully saturated rings. The first-order valence-corrected chi connectivity index (χ1v) is 9.65. The minimum atomic E-state index is -4.45. The van der Waals surface area contributed by atoms with Crippen molar-refractivity contribution >= 4 is 13.8 Å². The van der Waals surface area contributed by atoms with Gasteiger partial charge < -0.3 is 18.9 Å². The summed E-state index contributed by atoms with van der Waals surface area (Å²) in [5.41, 5.74) is -0.521. The lowest BCUT2D eigenvalue weighted by molar-refractivity contribution is -0.0342. The van der Waals surface area contributed by atoms with Crippen molar-refractivity contribution in [3.8, 4) is 0 Å². The molecule has 0 amide bonds. The molecule has 146 valence electrons. The third-order valence-electron chi connectivity index (χ3n) is 4.40. The number of H-pyrrole nitrogens is 1. The molecule has 0 bridgehead atoms. The van der Waals surface area contributed by atoms with Gasteiger partial charge in [0.15, 0.2) is 5.34 Å². The zero-order chi connectivity index (χ0) is 19.7. The van der Waals surface area contributed by atoms with E-state index in [1.54, 1.807) is 6.92 Å². The van der Waals surface area contributed by atoms with E-state index in [1.807, 2.05) is 0 Å². The molecule has 1 aliphatic rings. The monoisotopic (exact) mass is 390 g/mol. The number of nitrogens with one attached hydrogen (secondary N) is 1. The molecule has 0 saturated heterocycles. The van der Waals surface area contributed by atoms with E-state index in [0.717, 1.165) is 7.11 Å². The van der Waals surface area contributed by atoms with Gasteiger partial charge in [-0.15, -0.1) is 0 Å². The largest absolute Gasteiger partial charge is 0.514 e. The van der Waals surface area contributed by atoms with Crippen LogP contribution in [0.25, 0.3) is 0 Å². The van der Waals surface area contributed by atoms with Crippen LogP contribution in [0.2, 0.25) is 0 Å². The Morgan fingerprint density at radius 1 is 1.38 bits per heavy atom. The lowest BCUT2D eigenvalue weighted by Gasteiger charge is -2.31. The topological polar surface area (TPSA) is 137 Å². The Balaban J connectivity index is 2.10. The van der Waals surface area contributed by atoms with E-state index in [0.29, 0.717) is 24.8 Å². The van der Waals surface area contributed by atoms with Crippen LogP contribution in [0.4, 0.5) is 4.79 Å². The predicted molar refractivity (Wildman–Crippen MR) is 91.2 cm³/mol. The van der Waals surface area contributed by atoms with Crippen LogP contribution in [0.5, 0.6) is 0 Å². The maximum absolute atomic E-state index is 12.3. The summed E-state index contributed by atoms with van der Waals surface area (Å²) < 4.78 is 28.2. The molecule has 1 saturated carbocycles. The first-order valence-electron chi connectivity index (χ1n) is 8.07. The van der Waals surface area contributed by atoms with Crippen molar-refractivity contribution in [1.82, 2.24) is 9.55 Å². The van der Waals surface area contributed by atoms with Crippen LogP contribution in [0.1, 0.15) is 44.7 Å². The highest BCUT2D eigenvalue weighted by Crippen LogP contribution is 2.57. The average molecular weight is 390 g/mol. The zero-order valence-electron chi connectivity index (χ0n) is 15.1. The van der Waals surface area contributed by atoms with Crippen LogP contribution < -0.4 is 11.2 Å². The number of hydrogen-bond donors (Lipinski definition) is 2. The molecule has 0 spiro atoms. The lowest BCUT2D eigenvalue weighted by Crippen LogP contribution is -2.34. The molecule has 1 aromatic rings. The molecule has 2 rings (SSSR count). The highest BCUT2D eigenvalue weighted by molar-refractivity contribution is 7.54. The number of aromatic amines is 1. The van der Waals surface area contributed by atoms with Gasteiger partial charge in [0, 0.05) is 17.8 Å². The van der Waals surface area contributed by atoms with Crippen molar-refractivity contribution in [1.29, 1.82) is 0 Å². The minimum absolute atomic E-state index is 0.210. The number of aryl methyl sites for hydroxylation is 1. The Morgan fingerprint density at radius 3 is 2.65 bits per heavy atom. The molecular weight excluding hydrogens is 367 g/mol. The van der Waals surface area contributed by atoms with Crippen molar-refractivity contribution in [2.24, 2.45) is 0 Å². The van der Waals surface area contributed by atoms with Gasteiger partial charge in [-0.3, -0.25) is 14.3 Å². The molecule has 3 atom stereocenters. The van der Waals surface area contributed by atoms with E-state index < -0.39 is 36.4 Å². The fraction of sp³-hybridized carbons (Fsp3) is 0.667. The lowest BCUT2D eigenvalue weighted by atomic mass is 10.2. The number of hydrogen-bond acceptors (Lipinski definition) is 7. The van der Waals surface area contributed by atoms with Crippen LogP contribution in [-0.4, -0.2) is 39.2 Å². The van der Waals surface area contributed by atoms with Crippen LogP contribution in [0.15, 0.2) is 15.8 Å². The summed E-state index contributed by atoms with van der Waals surface area (Å²) in [7, 11) is -3.42. The van der Waals surface area contributed by atoms with Gasteiger partial charge in [-0.25, -0.2) is 14.2 Å². The van der Waals surface area contributed by atoms with Crippen LogP contribution >= 0.6 is 7.60 Å². The van der Waals surface area contributed by atoms with Crippen molar-refractivity contribution in [2.45, 2.75) is 57.5 Å². The summed E-state index contributed by atoms with van der Waals surface area (Å²) in [6, 6.07) is -0.210. The van der Waals surface area contributed by atoms with E-state index >= 15 is 0 Å². The van der Waals surface area contributed by atoms with Gasteiger partial charge in [0.05, 0.1) is 13.2 Å². The molecule has 1 heterocycles. The summed E-state index contributed by atoms with van der Waals surface area (Å²) in [6.07, 6.45) is 1.35. The Bertz CT molecular complexity index is 843. The second kappa shape index (κ2) is 7.38. The maximum Gasteiger partial charge on any atom is 0.514 e. The van der Waals surface area contributed by atoms with Gasteiger partial charge in [0.2, 0.25) is 0 Å². The molecule has 26 heavy (non-hydrogen) atoms. The Hall–Kier alpha value is -1.90. The number of ether oxygens (including phenoxy) is 2. The van der Waals surface area contributed by atoms with Gasteiger partial charge in [-0.1, -0.05) is 0 Å². The first kappa shape index (κ1) is 20.4. The van der Waals surface area contributed by atoms with Gasteiger partial charge >= 0.3 is 19.4 Å². The fourth-order valence-corrected chi connectivity index (χ4v) is 3.64. The van der Waals surface area contributed by atoms with Crippen LogP contribution in [0, 0.1) is 6.92 Å². The molecule has 10 nitrogen and oxygen atoms in total. The first-order chi connectivity index (χ1) is 12.0. The Labute approximate surface area is 149 Å². The van der Waals surface area contributed by atoms with Gasteiger partial charge in [0.1, 0.15) is 0 Å². The number of rotatable bonds is 5. The van der Waals surface area contributed by atoms with Crippen molar-refractivity contribution < 1.29 is 28.3 Å². The molecular formula is C15H23N2O8P. The van der Waals surface area contributed by atoms with E-state index in [4.69, 9.17) is 4.74 Å². The van der Waals surface area contributed by atoms with Gasteiger partial charge in [-0.05, 0) is 40.0 Å². The number of methoxy groups -OCH3 is 1. The molecule has 11 heteroatoms. The highest BCUT2D eigenvalue weighted by atomic mass is 31.2. The summed E-state index contributed by atoms with van der Waals surface area (Å²) in [4.78, 5) is 46.9. The quantitative estimate of drug-likeness (QED) is 0.572. The Morgan fingerprint density at radius 2 is 2.04 bits per heavy atom. The molecule has 0 aliphatic heterocycles. The van der Waals surface area contributed by atoms with Crippen molar-refractivity contribution in [3.63, 3.8) is 0 Å². The minimum Gasteiger partial charge on any atom is -0.437 e. The summed E-state index contributed by atoms with van der Waals surface area (Å²) >= 11 is 0. The van der Waals surface area contributed by atoms with Gasteiger partial charge in [0.25, 0.3) is 5.56 Å². The number of nitrogens with zero attached hydrogens (tertiary/aromatic N) is 1. The molecule has 1 aromatic heterocycles. The third-order valence-corrected chi connectivity index (χ3v) is 6.26. The summed E-state index contributed by atoms with van der Waals surface area (Å²) in [5.74, 6) is 0. The summed E-state index contributed by atoms with van der Waals surface area (Å²) in [5, 5.41) is -1.65. The third kappa shape index (κ3) is 4.25. The number of carbonyl (C=O) groups excluding carboxylic acids is 1. The molecule has 2 N–H and O–H groups in total. The standard InChI is InChI=1S/C15H23N2O8P/c1-9-8-17(13(19)16-12(9)18)10-5-6-11(7-10)24-15(2,3)26(21,22)25-14(20)23-4/h8,10-11H,5-7H2,1-4H3,(H,21,22)(H,16,18,19)/t10-,11+/m0/s1.